The van der Waals surface area contributed by atoms with Gasteiger partial charge in [-0.15, -0.1) is 0 Å². The zero-order chi connectivity index (χ0) is 23.8. The second kappa shape index (κ2) is 9.01. The quantitative estimate of drug-likeness (QED) is 0.750. The zero-order valence-electron chi connectivity index (χ0n) is 19.8. The number of hydrogen-bond acceptors (Lipinski definition) is 5. The SMILES string of the molecule is C[C@@H]1C[C@H](c2ccc(C#N)c3ncccc23)CN(C(=O)C(NC(=O)OC(C)(C)C)C2CC2)C1. The highest BCUT2D eigenvalue weighted by Crippen LogP contribution is 2.37. The van der Waals surface area contributed by atoms with Gasteiger partial charge in [-0.2, -0.15) is 5.26 Å². The van der Waals surface area contributed by atoms with Gasteiger partial charge in [0.1, 0.15) is 17.7 Å². The van der Waals surface area contributed by atoms with Crippen LogP contribution in [0.1, 0.15) is 64.0 Å². The number of alkyl carbamates (subject to hydrolysis) is 1. The highest BCUT2D eigenvalue weighted by molar-refractivity contribution is 5.88. The third kappa shape index (κ3) is 5.27. The lowest BCUT2D eigenvalue weighted by Gasteiger charge is -2.39. The highest BCUT2D eigenvalue weighted by Gasteiger charge is 2.42. The number of piperidine rings is 1. The fourth-order valence-corrected chi connectivity index (χ4v) is 4.84. The lowest BCUT2D eigenvalue weighted by Crippen LogP contribution is -2.53. The van der Waals surface area contributed by atoms with Crippen LogP contribution in [0.15, 0.2) is 30.5 Å². The maximum Gasteiger partial charge on any atom is 0.408 e. The first-order chi connectivity index (χ1) is 15.7. The Labute approximate surface area is 195 Å². The van der Waals surface area contributed by atoms with E-state index in [1.165, 1.54) is 0 Å². The smallest absolute Gasteiger partial charge is 0.408 e. The van der Waals surface area contributed by atoms with Crippen molar-refractivity contribution in [1.29, 1.82) is 5.26 Å². The van der Waals surface area contributed by atoms with Crippen molar-refractivity contribution in [1.82, 2.24) is 15.2 Å². The molecule has 4 rings (SSSR count). The summed E-state index contributed by atoms with van der Waals surface area (Å²) in [5.41, 5.74) is 1.76. The van der Waals surface area contributed by atoms with Gasteiger partial charge in [0, 0.05) is 30.6 Å². The van der Waals surface area contributed by atoms with Gasteiger partial charge in [0.05, 0.1) is 11.1 Å². The molecule has 0 radical (unpaired) electrons. The predicted molar refractivity (Wildman–Crippen MR) is 125 cm³/mol. The number of nitrogens with zero attached hydrogens (tertiary/aromatic N) is 3. The number of carbonyl (C=O) groups is 2. The fraction of sp³-hybridized carbons (Fsp3) is 0.538. The predicted octanol–water partition coefficient (Wildman–Crippen LogP) is 4.36. The van der Waals surface area contributed by atoms with Crippen molar-refractivity contribution in [3.05, 3.63) is 41.6 Å². The number of nitrogens with one attached hydrogen (secondary N) is 1. The first-order valence-corrected chi connectivity index (χ1v) is 11.7. The molecular weight excluding hydrogens is 416 g/mol. The Morgan fingerprint density at radius 1 is 1.24 bits per heavy atom. The van der Waals surface area contributed by atoms with Gasteiger partial charge in [0.15, 0.2) is 0 Å². The number of likely N-dealkylation sites (tertiary alicyclic amines) is 1. The number of rotatable bonds is 4. The summed E-state index contributed by atoms with van der Waals surface area (Å²) in [5.74, 6) is 0.589. The minimum atomic E-state index is -0.614. The first-order valence-electron chi connectivity index (χ1n) is 11.7. The summed E-state index contributed by atoms with van der Waals surface area (Å²) in [5, 5.41) is 13.3. The average molecular weight is 449 g/mol. The largest absolute Gasteiger partial charge is 0.444 e. The summed E-state index contributed by atoms with van der Waals surface area (Å²) in [7, 11) is 0. The van der Waals surface area contributed by atoms with Crippen molar-refractivity contribution in [3.8, 4) is 6.07 Å². The Morgan fingerprint density at radius 3 is 2.67 bits per heavy atom. The molecule has 2 aliphatic rings. The van der Waals surface area contributed by atoms with Crippen molar-refractivity contribution >= 4 is 22.9 Å². The molecule has 1 aliphatic carbocycles. The van der Waals surface area contributed by atoms with E-state index in [9.17, 15) is 14.9 Å². The van der Waals surface area contributed by atoms with E-state index < -0.39 is 17.7 Å². The molecule has 7 heteroatoms. The Balaban J connectivity index is 1.56. The van der Waals surface area contributed by atoms with Crippen LogP contribution in [0, 0.1) is 23.2 Å². The molecule has 0 bridgehead atoms. The normalized spacial score (nSPS) is 21.8. The molecule has 2 aromatic rings. The molecule has 1 aliphatic heterocycles. The Morgan fingerprint density at radius 2 is 2.00 bits per heavy atom. The number of ether oxygens (including phenoxy) is 1. The van der Waals surface area contributed by atoms with Crippen molar-refractivity contribution in [2.75, 3.05) is 13.1 Å². The molecule has 1 N–H and O–H groups in total. The van der Waals surface area contributed by atoms with Crippen LogP contribution in [0.2, 0.25) is 0 Å². The van der Waals surface area contributed by atoms with Gasteiger partial charge in [-0.1, -0.05) is 19.1 Å². The Kier molecular flexibility index (Phi) is 6.29. The van der Waals surface area contributed by atoms with Gasteiger partial charge in [0.25, 0.3) is 0 Å². The first kappa shape index (κ1) is 23.0. The summed E-state index contributed by atoms with van der Waals surface area (Å²) >= 11 is 0. The van der Waals surface area contributed by atoms with E-state index in [0.717, 1.165) is 30.2 Å². The van der Waals surface area contributed by atoms with E-state index in [1.54, 1.807) is 6.20 Å². The lowest BCUT2D eigenvalue weighted by atomic mass is 9.83. The number of carbonyl (C=O) groups excluding carboxylic acids is 2. The standard InChI is InChI=1S/C26H32N4O3/c1-16-12-19(20-10-9-18(13-27)22-21(20)6-5-11-28-22)15-30(14-16)24(31)23(17-7-8-17)29-25(32)33-26(2,3)4/h5-6,9-11,16-17,19,23H,7-8,12,14-15H2,1-4H3,(H,29,32)/t16-,19+,23?/m1/s1. The van der Waals surface area contributed by atoms with Crippen LogP contribution in [0.5, 0.6) is 0 Å². The molecule has 2 amide bonds. The number of pyridine rings is 1. The molecule has 174 valence electrons. The lowest BCUT2D eigenvalue weighted by molar-refractivity contribution is -0.136. The molecule has 7 nitrogen and oxygen atoms in total. The molecule has 1 saturated heterocycles. The molecule has 2 fully saturated rings. The van der Waals surface area contributed by atoms with Crippen LogP contribution in [0.25, 0.3) is 10.9 Å². The van der Waals surface area contributed by atoms with Crippen LogP contribution in [-0.4, -0.2) is 46.6 Å². The molecule has 33 heavy (non-hydrogen) atoms. The van der Waals surface area contributed by atoms with Crippen molar-refractivity contribution in [2.45, 2.75) is 64.5 Å². The third-order valence-electron chi connectivity index (χ3n) is 6.37. The summed E-state index contributed by atoms with van der Waals surface area (Å²) in [6.07, 6.45) is 3.98. The van der Waals surface area contributed by atoms with Gasteiger partial charge >= 0.3 is 6.09 Å². The summed E-state index contributed by atoms with van der Waals surface area (Å²) in [6, 6.07) is 9.39. The van der Waals surface area contributed by atoms with Crippen LogP contribution in [0.4, 0.5) is 4.79 Å². The number of hydrogen-bond donors (Lipinski definition) is 1. The molecule has 0 spiro atoms. The maximum absolute atomic E-state index is 13.6. The molecule has 2 heterocycles. The summed E-state index contributed by atoms with van der Waals surface area (Å²) in [6.45, 7) is 8.85. The molecular formula is C26H32N4O3. The number of nitriles is 1. The van der Waals surface area contributed by atoms with Crippen LogP contribution < -0.4 is 5.32 Å². The second-order valence-corrected chi connectivity index (χ2v) is 10.5. The van der Waals surface area contributed by atoms with Gasteiger partial charge in [-0.25, -0.2) is 4.79 Å². The summed E-state index contributed by atoms with van der Waals surface area (Å²) < 4.78 is 5.41. The average Bonchev–Trinajstić information content (AvgIpc) is 3.60. The van der Waals surface area contributed by atoms with Crippen molar-refractivity contribution < 1.29 is 14.3 Å². The molecule has 1 aromatic heterocycles. The number of aromatic nitrogens is 1. The van der Waals surface area contributed by atoms with E-state index in [0.29, 0.717) is 30.1 Å². The number of fused-ring (bicyclic) bond motifs is 1. The van der Waals surface area contributed by atoms with Crippen molar-refractivity contribution in [3.63, 3.8) is 0 Å². The Bertz CT molecular complexity index is 1100. The molecule has 1 aromatic carbocycles. The van der Waals surface area contributed by atoms with E-state index in [2.05, 4.69) is 23.3 Å². The molecule has 1 saturated carbocycles. The van der Waals surface area contributed by atoms with Crippen molar-refractivity contribution in [2.24, 2.45) is 11.8 Å². The van der Waals surface area contributed by atoms with E-state index >= 15 is 0 Å². The monoisotopic (exact) mass is 448 g/mol. The topological polar surface area (TPSA) is 95.3 Å². The fourth-order valence-electron chi connectivity index (χ4n) is 4.84. The van der Waals surface area contributed by atoms with Gasteiger partial charge < -0.3 is 15.0 Å². The van der Waals surface area contributed by atoms with Gasteiger partial charge in [0.2, 0.25) is 5.91 Å². The van der Waals surface area contributed by atoms with Crippen LogP contribution >= 0.6 is 0 Å². The third-order valence-corrected chi connectivity index (χ3v) is 6.37. The van der Waals surface area contributed by atoms with Crippen LogP contribution in [0.3, 0.4) is 0 Å². The zero-order valence-corrected chi connectivity index (χ0v) is 19.8. The molecule has 1 unspecified atom stereocenters. The second-order valence-electron chi connectivity index (χ2n) is 10.5. The summed E-state index contributed by atoms with van der Waals surface area (Å²) in [4.78, 5) is 32.3. The van der Waals surface area contributed by atoms with Gasteiger partial charge in [-0.3, -0.25) is 9.78 Å². The van der Waals surface area contributed by atoms with E-state index in [1.807, 2.05) is 49.9 Å². The number of amides is 2. The Hall–Kier alpha value is -3.14. The highest BCUT2D eigenvalue weighted by atomic mass is 16.6. The van der Waals surface area contributed by atoms with Crippen LogP contribution in [-0.2, 0) is 9.53 Å². The minimum absolute atomic E-state index is 0.0315. The maximum atomic E-state index is 13.6. The molecule has 3 atom stereocenters. The number of benzene rings is 1. The van der Waals surface area contributed by atoms with E-state index in [-0.39, 0.29) is 17.7 Å². The van der Waals surface area contributed by atoms with E-state index in [4.69, 9.17) is 4.74 Å². The minimum Gasteiger partial charge on any atom is -0.444 e. The van der Waals surface area contributed by atoms with Gasteiger partial charge in [-0.05, 0) is 69.6 Å².